The summed E-state index contributed by atoms with van der Waals surface area (Å²) >= 11 is 0. The van der Waals surface area contributed by atoms with Gasteiger partial charge in [-0.25, -0.2) is 4.39 Å². The van der Waals surface area contributed by atoms with Crippen molar-refractivity contribution in [3.05, 3.63) is 47.9 Å². The Morgan fingerprint density at radius 3 is 2.74 bits per heavy atom. The molecule has 1 aromatic heterocycles. The third kappa shape index (κ3) is 3.27. The van der Waals surface area contributed by atoms with Crippen molar-refractivity contribution in [1.82, 2.24) is 9.78 Å². The van der Waals surface area contributed by atoms with Gasteiger partial charge in [-0.1, -0.05) is 18.2 Å². The molecule has 0 bridgehead atoms. The molecule has 1 N–H and O–H groups in total. The van der Waals surface area contributed by atoms with E-state index in [9.17, 15) is 9.18 Å². The Balaban J connectivity index is 1.86. The Bertz CT molecular complexity index is 693. The topological polar surface area (TPSA) is 56.2 Å². The lowest BCUT2D eigenvalue weighted by Gasteiger charge is -2.36. The van der Waals surface area contributed by atoms with Crippen LogP contribution in [0.1, 0.15) is 18.4 Å². The molecule has 2 heterocycles. The number of nitrogens with one attached hydrogen (secondary N) is 1. The Morgan fingerprint density at radius 2 is 2.09 bits per heavy atom. The number of benzene rings is 1. The molecule has 5 nitrogen and oxygen atoms in total. The highest BCUT2D eigenvalue weighted by Crippen LogP contribution is 2.36. The van der Waals surface area contributed by atoms with Crippen molar-refractivity contribution < 1.29 is 13.9 Å². The second-order valence-corrected chi connectivity index (χ2v) is 5.96. The number of aromatic nitrogens is 2. The van der Waals surface area contributed by atoms with Crippen LogP contribution in [0.15, 0.2) is 36.5 Å². The zero-order valence-electron chi connectivity index (χ0n) is 13.1. The van der Waals surface area contributed by atoms with E-state index in [1.54, 1.807) is 42.2 Å². The summed E-state index contributed by atoms with van der Waals surface area (Å²) in [4.78, 5) is 12.9. The lowest BCUT2D eigenvalue weighted by molar-refractivity contribution is -0.131. The molecular formula is C17H20FN3O2. The van der Waals surface area contributed by atoms with Crippen molar-refractivity contribution in [3.63, 3.8) is 0 Å². The fraction of sp³-hybridized carbons (Fsp3) is 0.412. The maximum absolute atomic E-state index is 14.0. The van der Waals surface area contributed by atoms with Gasteiger partial charge in [0, 0.05) is 26.3 Å². The smallest absolute Gasteiger partial charge is 0.232 e. The van der Waals surface area contributed by atoms with Gasteiger partial charge in [0.05, 0.1) is 11.6 Å². The van der Waals surface area contributed by atoms with E-state index in [4.69, 9.17) is 4.74 Å². The maximum atomic E-state index is 14.0. The summed E-state index contributed by atoms with van der Waals surface area (Å²) in [6.45, 7) is 1.01. The number of anilines is 1. The summed E-state index contributed by atoms with van der Waals surface area (Å²) in [6.07, 6.45) is 3.14. The molecule has 23 heavy (non-hydrogen) atoms. The average Bonchev–Trinajstić information content (AvgIpc) is 2.96. The lowest BCUT2D eigenvalue weighted by Crippen LogP contribution is -2.43. The molecule has 0 spiro atoms. The number of rotatable bonds is 4. The molecule has 122 valence electrons. The second kappa shape index (κ2) is 6.50. The Morgan fingerprint density at radius 1 is 1.35 bits per heavy atom. The van der Waals surface area contributed by atoms with Gasteiger partial charge in [0.1, 0.15) is 11.6 Å². The molecule has 1 aliphatic rings. The van der Waals surface area contributed by atoms with E-state index in [-0.39, 0.29) is 11.7 Å². The number of halogens is 1. The Hall–Kier alpha value is -2.21. The molecule has 0 atom stereocenters. The van der Waals surface area contributed by atoms with Gasteiger partial charge in [0.15, 0.2) is 0 Å². The van der Waals surface area contributed by atoms with E-state index in [1.807, 2.05) is 0 Å². The van der Waals surface area contributed by atoms with Crippen molar-refractivity contribution >= 4 is 11.7 Å². The second-order valence-electron chi connectivity index (χ2n) is 5.96. The van der Waals surface area contributed by atoms with Gasteiger partial charge >= 0.3 is 0 Å². The van der Waals surface area contributed by atoms with Crippen LogP contribution in [0.4, 0.5) is 10.2 Å². The fourth-order valence-electron chi connectivity index (χ4n) is 3.00. The molecule has 0 saturated carbocycles. The molecular weight excluding hydrogens is 297 g/mol. The van der Waals surface area contributed by atoms with Crippen molar-refractivity contribution in [2.45, 2.75) is 19.3 Å². The number of ether oxygens (including phenoxy) is 1. The number of carbonyl (C=O) groups excluding carboxylic acids is 1. The first-order valence-corrected chi connectivity index (χ1v) is 7.71. The van der Waals surface area contributed by atoms with Crippen molar-refractivity contribution in [1.29, 1.82) is 0 Å². The van der Waals surface area contributed by atoms with E-state index in [1.165, 1.54) is 6.07 Å². The van der Waals surface area contributed by atoms with Crippen LogP contribution in [-0.4, -0.2) is 28.9 Å². The highest BCUT2D eigenvalue weighted by Gasteiger charge is 2.41. The highest BCUT2D eigenvalue weighted by molar-refractivity contribution is 5.95. The normalized spacial score (nSPS) is 17.0. The molecule has 0 aliphatic carbocycles. The molecule has 1 fully saturated rings. The SMILES string of the molecule is Cn1nccc1NC(=O)C1(Cc2ccccc2F)CCOCC1. The zero-order chi connectivity index (χ0) is 16.3. The number of hydrogen-bond acceptors (Lipinski definition) is 3. The number of aryl methyl sites for hydroxylation is 1. The summed E-state index contributed by atoms with van der Waals surface area (Å²) in [6, 6.07) is 8.37. The minimum Gasteiger partial charge on any atom is -0.381 e. The molecule has 0 radical (unpaired) electrons. The largest absolute Gasteiger partial charge is 0.381 e. The van der Waals surface area contributed by atoms with Crippen LogP contribution in [0.5, 0.6) is 0 Å². The summed E-state index contributed by atoms with van der Waals surface area (Å²) in [5.41, 5.74) is -0.0976. The standard InChI is InChI=1S/C17H20FN3O2/c1-21-15(6-9-19-21)20-16(22)17(7-10-23-11-8-17)12-13-4-2-3-5-14(13)18/h2-6,9H,7-8,10-12H2,1H3,(H,20,22). The Kier molecular flexibility index (Phi) is 4.43. The molecule has 6 heteroatoms. The van der Waals surface area contributed by atoms with Crippen LogP contribution in [0.25, 0.3) is 0 Å². The number of nitrogens with zero attached hydrogens (tertiary/aromatic N) is 2. The minimum atomic E-state index is -0.662. The molecule has 0 unspecified atom stereocenters. The zero-order valence-corrected chi connectivity index (χ0v) is 13.1. The molecule has 1 saturated heterocycles. The van der Waals surface area contributed by atoms with Crippen molar-refractivity contribution in [2.75, 3.05) is 18.5 Å². The van der Waals surface area contributed by atoms with Crippen LogP contribution < -0.4 is 5.32 Å². The van der Waals surface area contributed by atoms with Crippen LogP contribution >= 0.6 is 0 Å². The third-order valence-electron chi connectivity index (χ3n) is 4.48. The van der Waals surface area contributed by atoms with Gasteiger partial charge < -0.3 is 10.1 Å². The van der Waals surface area contributed by atoms with E-state index in [0.29, 0.717) is 43.9 Å². The Labute approximate surface area is 134 Å². The van der Waals surface area contributed by atoms with E-state index in [0.717, 1.165) is 0 Å². The van der Waals surface area contributed by atoms with Crippen LogP contribution in [-0.2, 0) is 23.0 Å². The van der Waals surface area contributed by atoms with Crippen LogP contribution in [0.2, 0.25) is 0 Å². The van der Waals surface area contributed by atoms with E-state index >= 15 is 0 Å². The van der Waals surface area contributed by atoms with Gasteiger partial charge in [-0.3, -0.25) is 9.48 Å². The van der Waals surface area contributed by atoms with Crippen LogP contribution in [0, 0.1) is 11.2 Å². The van der Waals surface area contributed by atoms with E-state index in [2.05, 4.69) is 10.4 Å². The minimum absolute atomic E-state index is 0.104. The maximum Gasteiger partial charge on any atom is 0.232 e. The monoisotopic (exact) mass is 317 g/mol. The van der Waals surface area contributed by atoms with Crippen molar-refractivity contribution in [3.8, 4) is 0 Å². The van der Waals surface area contributed by atoms with Crippen molar-refractivity contribution in [2.24, 2.45) is 12.5 Å². The molecule has 2 aromatic rings. The summed E-state index contributed by atoms with van der Waals surface area (Å²) < 4.78 is 21.1. The number of amides is 1. The van der Waals surface area contributed by atoms with E-state index < -0.39 is 5.41 Å². The first kappa shape index (κ1) is 15.7. The van der Waals surface area contributed by atoms with Gasteiger partial charge in [-0.05, 0) is 30.9 Å². The predicted octanol–water partition coefficient (Wildman–Crippen LogP) is 2.54. The van der Waals surface area contributed by atoms with Gasteiger partial charge in [0.25, 0.3) is 0 Å². The van der Waals surface area contributed by atoms with Gasteiger partial charge in [0.2, 0.25) is 5.91 Å². The van der Waals surface area contributed by atoms with Gasteiger partial charge in [-0.2, -0.15) is 5.10 Å². The molecule has 1 amide bonds. The lowest BCUT2D eigenvalue weighted by atomic mass is 9.74. The summed E-state index contributed by atoms with van der Waals surface area (Å²) in [5, 5.41) is 6.98. The number of carbonyl (C=O) groups is 1. The summed E-state index contributed by atoms with van der Waals surface area (Å²) in [5.74, 6) is 0.258. The first-order valence-electron chi connectivity index (χ1n) is 7.71. The molecule has 1 aromatic carbocycles. The van der Waals surface area contributed by atoms with Crippen LogP contribution in [0.3, 0.4) is 0 Å². The van der Waals surface area contributed by atoms with Gasteiger partial charge in [-0.15, -0.1) is 0 Å². The average molecular weight is 317 g/mol. The fourth-order valence-corrected chi connectivity index (χ4v) is 3.00. The molecule has 3 rings (SSSR count). The summed E-state index contributed by atoms with van der Waals surface area (Å²) in [7, 11) is 1.77. The first-order chi connectivity index (χ1) is 11.1. The highest BCUT2D eigenvalue weighted by atomic mass is 19.1. The quantitative estimate of drug-likeness (QED) is 0.943. The number of hydrogen-bond donors (Lipinski definition) is 1. The predicted molar refractivity (Wildman–Crippen MR) is 84.4 cm³/mol. The third-order valence-corrected chi connectivity index (χ3v) is 4.48. The molecule has 1 aliphatic heterocycles.